The maximum absolute atomic E-state index is 12.8. The molecular formula is C20H22N4O4. The molecule has 1 aromatic heterocycles. The molecule has 8 nitrogen and oxygen atoms in total. The number of hydrogen-bond acceptors (Lipinski definition) is 7. The minimum Gasteiger partial charge on any atom is -0.445 e. The van der Waals surface area contributed by atoms with Gasteiger partial charge in [-0.2, -0.15) is 5.26 Å². The minimum atomic E-state index is -0.334. The summed E-state index contributed by atoms with van der Waals surface area (Å²) in [6.07, 6.45) is 1.88. The lowest BCUT2D eigenvalue weighted by Crippen LogP contribution is -2.34. The molecular weight excluding hydrogens is 360 g/mol. The molecule has 0 spiro atoms. The second kappa shape index (κ2) is 8.15. The number of aromatic nitrogens is 1. The van der Waals surface area contributed by atoms with Gasteiger partial charge in [0.25, 0.3) is 11.8 Å². The van der Waals surface area contributed by atoms with E-state index in [2.05, 4.69) is 21.7 Å². The van der Waals surface area contributed by atoms with Crippen LogP contribution in [0.15, 0.2) is 24.4 Å². The van der Waals surface area contributed by atoms with Gasteiger partial charge in [-0.1, -0.05) is 0 Å². The molecule has 0 radical (unpaired) electrons. The van der Waals surface area contributed by atoms with Crippen LogP contribution in [0.4, 0.5) is 5.69 Å². The zero-order valence-electron chi connectivity index (χ0n) is 15.9. The van der Waals surface area contributed by atoms with Gasteiger partial charge in [-0.25, -0.2) is 4.98 Å². The first-order valence-corrected chi connectivity index (χ1v) is 9.04. The van der Waals surface area contributed by atoms with Crippen molar-refractivity contribution >= 4 is 11.6 Å². The molecule has 0 bridgehead atoms. The average Bonchev–Trinajstić information content (AvgIpc) is 2.66. The van der Waals surface area contributed by atoms with E-state index in [9.17, 15) is 4.79 Å². The van der Waals surface area contributed by atoms with E-state index >= 15 is 0 Å². The molecule has 3 N–H and O–H groups in total. The van der Waals surface area contributed by atoms with Crippen LogP contribution in [0, 0.1) is 11.3 Å². The van der Waals surface area contributed by atoms with Crippen LogP contribution in [0.5, 0.6) is 23.1 Å². The zero-order valence-corrected chi connectivity index (χ0v) is 15.9. The molecule has 1 atom stereocenters. The van der Waals surface area contributed by atoms with E-state index in [1.807, 2.05) is 20.8 Å². The number of pyridine rings is 1. The Hall–Kier alpha value is -3.31. The SMILES string of the molecule is CC(C)Nc1c(C(=O)NC(C)CCO)cnc2c1Oc1cc(C#N)ccc1O2. The predicted octanol–water partition coefficient (Wildman–Crippen LogP) is 3.17. The highest BCUT2D eigenvalue weighted by molar-refractivity contribution is 6.01. The standard InChI is InChI=1S/C20H22N4O4/c1-11(2)23-17-14(19(26)24-12(3)6-7-25)10-22-20-18(17)27-16-8-13(9-21)4-5-15(16)28-20/h4-5,8,10-12,25H,6-7H2,1-3H3,(H,22,23)(H,24,26). The molecule has 3 rings (SSSR count). The van der Waals surface area contributed by atoms with E-state index in [4.69, 9.17) is 19.8 Å². The minimum absolute atomic E-state index is 0.0170. The highest BCUT2D eigenvalue weighted by Gasteiger charge is 2.28. The Bertz CT molecular complexity index is 937. The Kier molecular flexibility index (Phi) is 5.66. The van der Waals surface area contributed by atoms with Gasteiger partial charge in [0.15, 0.2) is 11.5 Å². The number of fused-ring (bicyclic) bond motifs is 2. The number of hydrogen-bond donors (Lipinski definition) is 3. The molecule has 1 aromatic carbocycles. The van der Waals surface area contributed by atoms with Crippen molar-refractivity contribution in [2.45, 2.75) is 39.3 Å². The Morgan fingerprint density at radius 3 is 2.75 bits per heavy atom. The third-order valence-corrected chi connectivity index (χ3v) is 4.11. The Labute approximate surface area is 163 Å². The number of carbonyl (C=O) groups is 1. The summed E-state index contributed by atoms with van der Waals surface area (Å²) in [7, 11) is 0. The molecule has 1 aliphatic rings. The van der Waals surface area contributed by atoms with Crippen molar-refractivity contribution in [1.29, 1.82) is 5.26 Å². The van der Waals surface area contributed by atoms with E-state index < -0.39 is 0 Å². The van der Waals surface area contributed by atoms with Crippen molar-refractivity contribution in [2.24, 2.45) is 0 Å². The average molecular weight is 382 g/mol. The second-order valence-electron chi connectivity index (χ2n) is 6.84. The third kappa shape index (κ3) is 4.00. The quantitative estimate of drug-likeness (QED) is 0.599. The molecule has 1 amide bonds. The van der Waals surface area contributed by atoms with Gasteiger partial charge in [-0.15, -0.1) is 0 Å². The van der Waals surface area contributed by atoms with Crippen molar-refractivity contribution in [3.05, 3.63) is 35.5 Å². The number of aliphatic hydroxyl groups excluding tert-OH is 1. The first-order valence-electron chi connectivity index (χ1n) is 9.04. The van der Waals surface area contributed by atoms with Crippen LogP contribution in [-0.2, 0) is 0 Å². The largest absolute Gasteiger partial charge is 0.445 e. The maximum Gasteiger partial charge on any atom is 0.265 e. The first kappa shape index (κ1) is 19.5. The van der Waals surface area contributed by atoms with Crippen LogP contribution in [0.1, 0.15) is 43.1 Å². The number of ether oxygens (including phenoxy) is 2. The Balaban J connectivity index is 2.01. The van der Waals surface area contributed by atoms with Gasteiger partial charge in [-0.3, -0.25) is 4.79 Å². The van der Waals surface area contributed by atoms with Crippen molar-refractivity contribution < 1.29 is 19.4 Å². The number of carbonyl (C=O) groups excluding carboxylic acids is 1. The van der Waals surface area contributed by atoms with Gasteiger partial charge < -0.3 is 25.2 Å². The lowest BCUT2D eigenvalue weighted by molar-refractivity contribution is 0.0934. The van der Waals surface area contributed by atoms with Crippen molar-refractivity contribution in [2.75, 3.05) is 11.9 Å². The lowest BCUT2D eigenvalue weighted by atomic mass is 10.1. The van der Waals surface area contributed by atoms with Gasteiger partial charge in [0.1, 0.15) is 0 Å². The number of aliphatic hydroxyl groups is 1. The van der Waals surface area contributed by atoms with Crippen molar-refractivity contribution in [1.82, 2.24) is 10.3 Å². The normalized spacial score (nSPS) is 12.7. The summed E-state index contributed by atoms with van der Waals surface area (Å²) in [5.41, 5.74) is 1.20. The van der Waals surface area contributed by atoms with Crippen LogP contribution < -0.4 is 20.1 Å². The van der Waals surface area contributed by atoms with Crippen LogP contribution >= 0.6 is 0 Å². The summed E-state index contributed by atoms with van der Waals surface area (Å²) in [6, 6.07) is 6.73. The summed E-state index contributed by atoms with van der Waals surface area (Å²) >= 11 is 0. The van der Waals surface area contributed by atoms with Gasteiger partial charge >= 0.3 is 0 Å². The van der Waals surface area contributed by atoms with Crippen molar-refractivity contribution in [3.63, 3.8) is 0 Å². The fraction of sp³-hybridized carbons (Fsp3) is 0.350. The molecule has 146 valence electrons. The van der Waals surface area contributed by atoms with Crippen LogP contribution in [0.25, 0.3) is 0 Å². The molecule has 28 heavy (non-hydrogen) atoms. The van der Waals surface area contributed by atoms with Gasteiger partial charge in [-0.05, 0) is 39.3 Å². The molecule has 8 heteroatoms. The molecule has 2 aromatic rings. The molecule has 0 aliphatic carbocycles. The first-order chi connectivity index (χ1) is 13.4. The smallest absolute Gasteiger partial charge is 0.265 e. The number of rotatable bonds is 6. The second-order valence-corrected chi connectivity index (χ2v) is 6.84. The fourth-order valence-corrected chi connectivity index (χ4v) is 2.77. The van der Waals surface area contributed by atoms with E-state index in [1.54, 1.807) is 18.2 Å². The number of benzene rings is 1. The summed E-state index contributed by atoms with van der Waals surface area (Å²) < 4.78 is 11.8. The molecule has 0 saturated carbocycles. The predicted molar refractivity (Wildman–Crippen MR) is 103 cm³/mol. The number of nitrogens with one attached hydrogen (secondary N) is 2. The number of amides is 1. The molecule has 2 heterocycles. The number of nitriles is 1. The topological polar surface area (TPSA) is 117 Å². The van der Waals surface area contributed by atoms with E-state index in [-0.39, 0.29) is 30.5 Å². The Morgan fingerprint density at radius 1 is 1.29 bits per heavy atom. The third-order valence-electron chi connectivity index (χ3n) is 4.11. The van der Waals surface area contributed by atoms with Crippen molar-refractivity contribution in [3.8, 4) is 29.2 Å². The maximum atomic E-state index is 12.8. The van der Waals surface area contributed by atoms with Crippen LogP contribution in [-0.4, -0.2) is 34.7 Å². The van der Waals surface area contributed by atoms with E-state index in [0.29, 0.717) is 40.5 Å². The highest BCUT2D eigenvalue weighted by atomic mass is 16.6. The molecule has 1 unspecified atom stereocenters. The monoisotopic (exact) mass is 382 g/mol. The van der Waals surface area contributed by atoms with E-state index in [0.717, 1.165) is 0 Å². The van der Waals surface area contributed by atoms with Gasteiger partial charge in [0, 0.05) is 31.0 Å². The summed E-state index contributed by atoms with van der Waals surface area (Å²) in [5.74, 6) is 1.02. The van der Waals surface area contributed by atoms with Crippen LogP contribution in [0.3, 0.4) is 0 Å². The molecule has 0 fully saturated rings. The fourth-order valence-electron chi connectivity index (χ4n) is 2.77. The number of nitrogens with zero attached hydrogens (tertiary/aromatic N) is 2. The lowest BCUT2D eigenvalue weighted by Gasteiger charge is -2.25. The van der Waals surface area contributed by atoms with E-state index in [1.165, 1.54) is 6.20 Å². The number of anilines is 1. The Morgan fingerprint density at radius 2 is 2.07 bits per heavy atom. The zero-order chi connectivity index (χ0) is 20.3. The van der Waals surface area contributed by atoms with Crippen LogP contribution in [0.2, 0.25) is 0 Å². The molecule has 1 aliphatic heterocycles. The summed E-state index contributed by atoms with van der Waals surface area (Å²) in [4.78, 5) is 17.0. The summed E-state index contributed by atoms with van der Waals surface area (Å²) in [5, 5.41) is 24.2. The highest BCUT2D eigenvalue weighted by Crippen LogP contribution is 2.49. The van der Waals surface area contributed by atoms with Gasteiger partial charge in [0.2, 0.25) is 5.75 Å². The van der Waals surface area contributed by atoms with Gasteiger partial charge in [0.05, 0.1) is 22.9 Å². The summed E-state index contributed by atoms with van der Waals surface area (Å²) in [6.45, 7) is 5.67. The molecule has 0 saturated heterocycles.